The van der Waals surface area contributed by atoms with Crippen molar-refractivity contribution >= 4 is 47.2 Å². The van der Waals surface area contributed by atoms with Crippen LogP contribution in [0.3, 0.4) is 0 Å². The smallest absolute Gasteiger partial charge is 0.360 e. The van der Waals surface area contributed by atoms with E-state index < -0.39 is 30.2 Å². The highest BCUT2D eigenvalue weighted by Gasteiger charge is 2.44. The first-order chi connectivity index (χ1) is 15.2. The van der Waals surface area contributed by atoms with E-state index in [-0.39, 0.29) is 6.42 Å². The van der Waals surface area contributed by atoms with Gasteiger partial charge in [0.25, 0.3) is 5.92 Å². The topological polar surface area (TPSA) is 58.9 Å². The van der Waals surface area contributed by atoms with Crippen LogP contribution >= 0.6 is 30.3 Å². The second-order valence-electron chi connectivity index (χ2n) is 7.51. The molecule has 1 aliphatic rings. The molecule has 0 bridgehead atoms. The Morgan fingerprint density at radius 3 is 2.59 bits per heavy atom. The predicted octanol–water partition coefficient (Wildman–Crippen LogP) is 5.06. The van der Waals surface area contributed by atoms with E-state index in [0.29, 0.717) is 41.9 Å². The summed E-state index contributed by atoms with van der Waals surface area (Å²) in [5.41, 5.74) is 0.496. The number of alkyl halides is 5. The summed E-state index contributed by atoms with van der Waals surface area (Å²) < 4.78 is 69.4. The number of hydrogen-bond donors (Lipinski definition) is 1. The zero-order valence-electron chi connectivity index (χ0n) is 16.5. The normalized spacial score (nSPS) is 19.4. The molecule has 1 N–H and O–H groups in total. The summed E-state index contributed by atoms with van der Waals surface area (Å²) in [5, 5.41) is 7.59. The van der Waals surface area contributed by atoms with Crippen molar-refractivity contribution in [2.75, 3.05) is 25.0 Å². The molecular formula is C19H18F5IN6S. The van der Waals surface area contributed by atoms with E-state index in [9.17, 15) is 22.0 Å². The fourth-order valence-corrected chi connectivity index (χ4v) is 4.84. The van der Waals surface area contributed by atoms with Crippen LogP contribution in [-0.4, -0.2) is 55.7 Å². The minimum Gasteiger partial charge on any atom is -0.360 e. The van der Waals surface area contributed by atoms with Gasteiger partial charge in [0.1, 0.15) is 12.1 Å². The third-order valence-electron chi connectivity index (χ3n) is 5.39. The van der Waals surface area contributed by atoms with Gasteiger partial charge in [0, 0.05) is 34.3 Å². The Kier molecular flexibility index (Phi) is 6.77. The van der Waals surface area contributed by atoms with Gasteiger partial charge in [-0.25, -0.2) is 18.7 Å². The Morgan fingerprint density at radius 1 is 1.19 bits per heavy atom. The molecule has 0 saturated carbocycles. The maximum absolute atomic E-state index is 14.9. The summed E-state index contributed by atoms with van der Waals surface area (Å²) in [6.45, 7) is 0.332. The van der Waals surface area contributed by atoms with Crippen LogP contribution in [0.5, 0.6) is 0 Å². The van der Waals surface area contributed by atoms with E-state index >= 15 is 0 Å². The number of anilines is 1. The van der Waals surface area contributed by atoms with Gasteiger partial charge in [-0.3, -0.25) is 4.90 Å². The lowest BCUT2D eigenvalue weighted by atomic mass is 9.99. The third kappa shape index (κ3) is 5.09. The Hall–Kier alpha value is -1.74. The number of rotatable bonds is 6. The van der Waals surface area contributed by atoms with Crippen LogP contribution in [-0.2, 0) is 12.6 Å². The van der Waals surface area contributed by atoms with Gasteiger partial charge in [0.05, 0.1) is 38.9 Å². The van der Waals surface area contributed by atoms with Crippen molar-refractivity contribution in [1.29, 1.82) is 0 Å². The first-order valence-electron chi connectivity index (χ1n) is 9.68. The lowest BCUT2D eigenvalue weighted by Crippen LogP contribution is -2.54. The first-order valence-corrected chi connectivity index (χ1v) is 13.0. The van der Waals surface area contributed by atoms with Crippen LogP contribution in [0.1, 0.15) is 17.5 Å². The maximum atomic E-state index is 14.9. The van der Waals surface area contributed by atoms with Crippen LogP contribution in [0.2, 0.25) is 0 Å². The largest absolute Gasteiger partial charge is 0.416 e. The van der Waals surface area contributed by atoms with Crippen molar-refractivity contribution in [3.63, 3.8) is 0 Å². The average Bonchev–Trinajstić information content (AvgIpc) is 3.17. The molecule has 0 aliphatic carbocycles. The zero-order valence-corrected chi connectivity index (χ0v) is 19.5. The summed E-state index contributed by atoms with van der Waals surface area (Å²) >= 11 is 2.05. The molecule has 1 aromatic carbocycles. The minimum atomic E-state index is -4.39. The summed E-state index contributed by atoms with van der Waals surface area (Å²) in [5.74, 6) is -2.70. The van der Waals surface area contributed by atoms with Crippen LogP contribution in [0.4, 0.5) is 27.8 Å². The van der Waals surface area contributed by atoms with Gasteiger partial charge in [-0.05, 0) is 30.5 Å². The number of halogens is 6. The van der Waals surface area contributed by atoms with Gasteiger partial charge in [0.2, 0.25) is 0 Å². The molecule has 1 fully saturated rings. The molecule has 32 heavy (non-hydrogen) atoms. The van der Waals surface area contributed by atoms with E-state index in [2.05, 4.69) is 41.6 Å². The Balaban J connectivity index is 1.37. The van der Waals surface area contributed by atoms with E-state index in [1.165, 1.54) is 27.6 Å². The molecule has 2 aromatic heterocycles. The minimum absolute atomic E-state index is 0.195. The van der Waals surface area contributed by atoms with Crippen molar-refractivity contribution in [3.8, 4) is 0 Å². The van der Waals surface area contributed by atoms with E-state index in [1.807, 2.05) is 0 Å². The molecule has 0 spiro atoms. The standard InChI is InChI=1S/C19H18F5IN6S/c20-18(21)10-30(7-5-12-1-3-13(4-2-12)19(22,23)24)8-6-15(18)29-16-14-9-28-31(32-25)17(14)27-11-26-16/h1-4,9,11,15H,5-8,10H2,(H,26,27,29). The van der Waals surface area contributed by atoms with Crippen LogP contribution in [0.15, 0.2) is 36.8 Å². The van der Waals surface area contributed by atoms with Crippen LogP contribution in [0.25, 0.3) is 11.0 Å². The summed E-state index contributed by atoms with van der Waals surface area (Å²) in [6, 6.07) is 3.72. The van der Waals surface area contributed by atoms with Crippen LogP contribution in [0, 0.1) is 0 Å². The summed E-state index contributed by atoms with van der Waals surface area (Å²) in [6.07, 6.45) is -0.946. The molecule has 0 amide bonds. The van der Waals surface area contributed by atoms with Gasteiger partial charge in [0.15, 0.2) is 5.65 Å². The van der Waals surface area contributed by atoms with Crippen molar-refractivity contribution < 1.29 is 22.0 Å². The second-order valence-corrected chi connectivity index (χ2v) is 9.18. The third-order valence-corrected chi connectivity index (χ3v) is 6.91. The number of piperidine rings is 1. The number of benzene rings is 1. The molecule has 13 heteroatoms. The summed E-state index contributed by atoms with van der Waals surface area (Å²) in [4.78, 5) is 9.91. The number of nitrogens with one attached hydrogen (secondary N) is 1. The first kappa shape index (κ1) is 23.4. The number of likely N-dealkylation sites (tertiary alicyclic amines) is 1. The number of hydrogen-bond acceptors (Lipinski definition) is 6. The van der Waals surface area contributed by atoms with Gasteiger partial charge in [-0.15, -0.1) is 0 Å². The highest BCUT2D eigenvalue weighted by molar-refractivity contribution is 14.2. The number of aromatic nitrogens is 4. The average molecular weight is 584 g/mol. The highest BCUT2D eigenvalue weighted by Crippen LogP contribution is 2.32. The second kappa shape index (κ2) is 9.25. The molecule has 1 aliphatic heterocycles. The van der Waals surface area contributed by atoms with Crippen molar-refractivity contribution in [1.82, 2.24) is 24.1 Å². The Morgan fingerprint density at radius 2 is 1.94 bits per heavy atom. The lowest BCUT2D eigenvalue weighted by Gasteiger charge is -2.38. The van der Waals surface area contributed by atoms with Crippen molar-refractivity contribution in [2.45, 2.75) is 31.0 Å². The van der Waals surface area contributed by atoms with Crippen molar-refractivity contribution in [2.24, 2.45) is 0 Å². The molecule has 3 aromatic rings. The molecular weight excluding hydrogens is 566 g/mol. The molecule has 4 rings (SSSR count). The summed E-state index contributed by atoms with van der Waals surface area (Å²) in [7, 11) is 1.31. The Bertz CT molecular complexity index is 1070. The molecule has 1 unspecified atom stereocenters. The fraction of sp³-hybridized carbons (Fsp3) is 0.421. The monoisotopic (exact) mass is 584 g/mol. The van der Waals surface area contributed by atoms with Crippen molar-refractivity contribution in [3.05, 3.63) is 47.9 Å². The highest BCUT2D eigenvalue weighted by atomic mass is 127. The van der Waals surface area contributed by atoms with Gasteiger partial charge in [-0.1, -0.05) is 12.1 Å². The molecule has 1 atom stereocenters. The SMILES string of the molecule is FC(F)(F)c1ccc(CCN2CCC(Nc3ncnc4c3cnn4SI)C(F)(F)C2)cc1. The quantitative estimate of drug-likeness (QED) is 0.323. The molecule has 6 nitrogen and oxygen atoms in total. The number of fused-ring (bicyclic) bond motifs is 1. The van der Waals surface area contributed by atoms with Gasteiger partial charge < -0.3 is 5.32 Å². The zero-order chi connectivity index (χ0) is 22.9. The molecule has 0 radical (unpaired) electrons. The van der Waals surface area contributed by atoms with E-state index in [4.69, 9.17) is 0 Å². The van der Waals surface area contributed by atoms with Crippen LogP contribution < -0.4 is 5.32 Å². The van der Waals surface area contributed by atoms with Gasteiger partial charge in [-0.2, -0.15) is 22.4 Å². The molecule has 172 valence electrons. The Labute approximate surface area is 196 Å². The van der Waals surface area contributed by atoms with E-state index in [0.717, 1.165) is 12.1 Å². The molecule has 1 saturated heterocycles. The van der Waals surface area contributed by atoms with Gasteiger partial charge >= 0.3 is 6.18 Å². The fourth-order valence-electron chi connectivity index (χ4n) is 3.68. The number of nitrogens with zero attached hydrogens (tertiary/aromatic N) is 5. The lowest BCUT2D eigenvalue weighted by molar-refractivity contribution is -0.137. The maximum Gasteiger partial charge on any atom is 0.416 e. The molecule has 3 heterocycles. The van der Waals surface area contributed by atoms with E-state index in [1.54, 1.807) is 15.2 Å². The predicted molar refractivity (Wildman–Crippen MR) is 121 cm³/mol.